The van der Waals surface area contributed by atoms with Crippen molar-refractivity contribution in [1.29, 1.82) is 0 Å². The van der Waals surface area contributed by atoms with E-state index in [2.05, 4.69) is 35.6 Å². The van der Waals surface area contributed by atoms with Crippen LogP contribution in [0, 0.1) is 0 Å². The molecule has 1 N–H and O–H groups in total. The Morgan fingerprint density at radius 1 is 1.31 bits per heavy atom. The molecule has 1 saturated carbocycles. The van der Waals surface area contributed by atoms with E-state index in [1.165, 1.54) is 12.0 Å². The van der Waals surface area contributed by atoms with Gasteiger partial charge >= 0.3 is 0 Å². The molecule has 2 atom stereocenters. The Bertz CT molecular complexity index is 299. The van der Waals surface area contributed by atoms with Crippen LogP contribution in [0.25, 0.3) is 0 Å². The second-order valence-corrected chi connectivity index (χ2v) is 4.36. The average molecular weight is 219 g/mol. The fraction of sp³-hybridized carbons (Fsp3) is 0.571. The lowest BCUT2D eigenvalue weighted by Crippen LogP contribution is -2.20. The summed E-state index contributed by atoms with van der Waals surface area (Å²) in [7, 11) is 0. The van der Waals surface area contributed by atoms with Crippen LogP contribution in [0.5, 0.6) is 0 Å². The van der Waals surface area contributed by atoms with Gasteiger partial charge in [-0.05, 0) is 31.9 Å². The lowest BCUT2D eigenvalue weighted by molar-refractivity contribution is 0.144. The van der Waals surface area contributed by atoms with Crippen molar-refractivity contribution in [3.8, 4) is 0 Å². The van der Waals surface area contributed by atoms with Crippen LogP contribution in [0.3, 0.4) is 0 Å². The molecule has 1 aliphatic carbocycles. The quantitative estimate of drug-likeness (QED) is 0.712. The van der Waals surface area contributed by atoms with Crippen molar-refractivity contribution in [2.75, 3.05) is 19.8 Å². The number of hydrogen-bond donors (Lipinski definition) is 1. The molecule has 0 aliphatic heterocycles. The van der Waals surface area contributed by atoms with Gasteiger partial charge in [0.25, 0.3) is 0 Å². The summed E-state index contributed by atoms with van der Waals surface area (Å²) >= 11 is 0. The van der Waals surface area contributed by atoms with Crippen molar-refractivity contribution in [2.24, 2.45) is 0 Å². The molecule has 2 rings (SSSR count). The third kappa shape index (κ3) is 3.32. The Morgan fingerprint density at radius 2 is 2.12 bits per heavy atom. The fourth-order valence-corrected chi connectivity index (χ4v) is 2.10. The zero-order chi connectivity index (χ0) is 11.2. The highest BCUT2D eigenvalue weighted by Gasteiger charge is 2.37. The number of rotatable bonds is 7. The standard InChI is InChI=1S/C14H21NO/c1-2-16-10-6-9-15-14-11-13(14)12-7-4-3-5-8-12/h3-5,7-8,13-15H,2,6,9-11H2,1H3. The van der Waals surface area contributed by atoms with Gasteiger partial charge in [0.1, 0.15) is 0 Å². The van der Waals surface area contributed by atoms with Crippen molar-refractivity contribution in [3.05, 3.63) is 35.9 Å². The molecule has 0 spiro atoms. The minimum Gasteiger partial charge on any atom is -0.382 e. The molecule has 2 heteroatoms. The number of nitrogens with one attached hydrogen (secondary N) is 1. The molecular weight excluding hydrogens is 198 g/mol. The molecular formula is C14H21NO. The van der Waals surface area contributed by atoms with Crippen LogP contribution in [0.1, 0.15) is 31.2 Å². The van der Waals surface area contributed by atoms with Crippen LogP contribution in [0.15, 0.2) is 30.3 Å². The molecule has 0 amide bonds. The molecule has 16 heavy (non-hydrogen) atoms. The second-order valence-electron chi connectivity index (χ2n) is 4.36. The summed E-state index contributed by atoms with van der Waals surface area (Å²) in [6.07, 6.45) is 2.41. The Hall–Kier alpha value is -0.860. The largest absolute Gasteiger partial charge is 0.382 e. The molecule has 1 fully saturated rings. The van der Waals surface area contributed by atoms with Gasteiger partial charge in [-0.1, -0.05) is 30.3 Å². The van der Waals surface area contributed by atoms with E-state index in [0.29, 0.717) is 6.04 Å². The molecule has 2 unspecified atom stereocenters. The predicted molar refractivity (Wildman–Crippen MR) is 66.7 cm³/mol. The number of hydrogen-bond acceptors (Lipinski definition) is 2. The maximum absolute atomic E-state index is 5.31. The molecule has 88 valence electrons. The fourth-order valence-electron chi connectivity index (χ4n) is 2.10. The van der Waals surface area contributed by atoms with Crippen LogP contribution in [0.2, 0.25) is 0 Å². The van der Waals surface area contributed by atoms with E-state index in [4.69, 9.17) is 4.74 Å². The van der Waals surface area contributed by atoms with Crippen molar-refractivity contribution in [2.45, 2.75) is 31.7 Å². The highest BCUT2D eigenvalue weighted by Crippen LogP contribution is 2.40. The minimum atomic E-state index is 0.698. The van der Waals surface area contributed by atoms with E-state index in [-0.39, 0.29) is 0 Å². The van der Waals surface area contributed by atoms with E-state index >= 15 is 0 Å². The summed E-state index contributed by atoms with van der Waals surface area (Å²) in [5.41, 5.74) is 1.48. The third-order valence-corrected chi connectivity index (χ3v) is 3.09. The van der Waals surface area contributed by atoms with Gasteiger partial charge in [-0.3, -0.25) is 0 Å². The molecule has 0 radical (unpaired) electrons. The minimum absolute atomic E-state index is 0.698. The van der Waals surface area contributed by atoms with Crippen LogP contribution in [-0.2, 0) is 4.74 Å². The molecule has 0 bridgehead atoms. The Kier molecular flexibility index (Phi) is 4.37. The Morgan fingerprint density at radius 3 is 2.88 bits per heavy atom. The first-order valence-electron chi connectivity index (χ1n) is 6.28. The van der Waals surface area contributed by atoms with Gasteiger partial charge in [-0.25, -0.2) is 0 Å². The van der Waals surface area contributed by atoms with Crippen LogP contribution in [-0.4, -0.2) is 25.8 Å². The van der Waals surface area contributed by atoms with Crippen LogP contribution >= 0.6 is 0 Å². The maximum atomic E-state index is 5.31. The average Bonchev–Trinajstić information content (AvgIpc) is 3.10. The van der Waals surface area contributed by atoms with E-state index in [0.717, 1.165) is 32.1 Å². The molecule has 2 nitrogen and oxygen atoms in total. The molecule has 1 aromatic carbocycles. The molecule has 1 aromatic rings. The zero-order valence-electron chi connectivity index (χ0n) is 9.99. The smallest absolute Gasteiger partial charge is 0.0477 e. The van der Waals surface area contributed by atoms with Gasteiger partial charge in [0.05, 0.1) is 0 Å². The van der Waals surface area contributed by atoms with E-state index in [1.807, 2.05) is 6.92 Å². The van der Waals surface area contributed by atoms with Crippen molar-refractivity contribution in [3.63, 3.8) is 0 Å². The summed E-state index contributed by atoms with van der Waals surface area (Å²) < 4.78 is 5.31. The van der Waals surface area contributed by atoms with Crippen LogP contribution in [0.4, 0.5) is 0 Å². The van der Waals surface area contributed by atoms with Gasteiger partial charge in [0, 0.05) is 25.2 Å². The van der Waals surface area contributed by atoms with Crippen molar-refractivity contribution < 1.29 is 4.74 Å². The topological polar surface area (TPSA) is 21.3 Å². The predicted octanol–water partition coefficient (Wildman–Crippen LogP) is 2.56. The second kappa shape index (κ2) is 6.02. The highest BCUT2D eigenvalue weighted by atomic mass is 16.5. The van der Waals surface area contributed by atoms with E-state index < -0.39 is 0 Å². The van der Waals surface area contributed by atoms with Gasteiger partial charge in [0.15, 0.2) is 0 Å². The molecule has 0 saturated heterocycles. The first-order chi connectivity index (χ1) is 7.92. The van der Waals surface area contributed by atoms with Crippen LogP contribution < -0.4 is 5.32 Å². The summed E-state index contributed by atoms with van der Waals surface area (Å²) in [6.45, 7) is 4.83. The normalized spacial score (nSPS) is 23.3. The first kappa shape index (κ1) is 11.6. The first-order valence-corrected chi connectivity index (χ1v) is 6.28. The zero-order valence-corrected chi connectivity index (χ0v) is 9.99. The van der Waals surface area contributed by atoms with Gasteiger partial charge in [-0.15, -0.1) is 0 Å². The van der Waals surface area contributed by atoms with Gasteiger partial charge in [-0.2, -0.15) is 0 Å². The van der Waals surface area contributed by atoms with Crippen molar-refractivity contribution in [1.82, 2.24) is 5.32 Å². The highest BCUT2D eigenvalue weighted by molar-refractivity contribution is 5.27. The van der Waals surface area contributed by atoms with Gasteiger partial charge < -0.3 is 10.1 Å². The van der Waals surface area contributed by atoms with Gasteiger partial charge in [0.2, 0.25) is 0 Å². The summed E-state index contributed by atoms with van der Waals surface area (Å²) in [6, 6.07) is 11.5. The Balaban J connectivity index is 1.61. The monoisotopic (exact) mass is 219 g/mol. The molecule has 1 aliphatic rings. The van der Waals surface area contributed by atoms with Crippen molar-refractivity contribution >= 4 is 0 Å². The molecule has 0 aromatic heterocycles. The number of benzene rings is 1. The maximum Gasteiger partial charge on any atom is 0.0477 e. The lowest BCUT2D eigenvalue weighted by atomic mass is 10.1. The SMILES string of the molecule is CCOCCCNC1CC1c1ccccc1. The third-order valence-electron chi connectivity index (χ3n) is 3.09. The summed E-state index contributed by atoms with van der Waals surface area (Å²) in [5.74, 6) is 0.744. The summed E-state index contributed by atoms with van der Waals surface area (Å²) in [5, 5.41) is 3.58. The summed E-state index contributed by atoms with van der Waals surface area (Å²) in [4.78, 5) is 0. The Labute approximate surface area is 98.0 Å². The molecule has 0 heterocycles. The van der Waals surface area contributed by atoms with E-state index in [9.17, 15) is 0 Å². The van der Waals surface area contributed by atoms with E-state index in [1.54, 1.807) is 0 Å². The number of ether oxygens (including phenoxy) is 1. The lowest BCUT2D eigenvalue weighted by Gasteiger charge is -2.04.